The lowest BCUT2D eigenvalue weighted by Gasteiger charge is -2.43. The van der Waals surface area contributed by atoms with Crippen molar-refractivity contribution in [2.75, 3.05) is 14.2 Å². The van der Waals surface area contributed by atoms with Gasteiger partial charge in [0.05, 0.1) is 5.41 Å². The number of rotatable bonds is 5. The number of fused-ring (bicyclic) bond motifs is 2. The van der Waals surface area contributed by atoms with Gasteiger partial charge in [0.1, 0.15) is 0 Å². The number of hydrogen-bond acceptors (Lipinski definition) is 4. The van der Waals surface area contributed by atoms with Gasteiger partial charge in [-0.05, 0) is 62.7 Å². The molecule has 0 N–H and O–H groups in total. The van der Waals surface area contributed by atoms with Gasteiger partial charge >= 0.3 is 8.56 Å². The van der Waals surface area contributed by atoms with Crippen LogP contribution in [0.15, 0.2) is 0 Å². The van der Waals surface area contributed by atoms with Gasteiger partial charge in [-0.1, -0.05) is 20.8 Å². The number of carbonyl (C=O) groups is 1. The molecule has 2 fully saturated rings. The minimum Gasteiger partial charge on any atom is -0.519 e. The van der Waals surface area contributed by atoms with Crippen LogP contribution < -0.4 is 0 Å². The first-order valence-corrected chi connectivity index (χ1v) is 14.4. The molecule has 2 aliphatic carbocycles. The molecule has 6 heteroatoms. The normalized spacial score (nSPS) is 33.8. The SMILES string of the molecule is CO[Si](C)(OC)C1CC2CC1CC2(C)C(=O)O[Si](C)(C)C(C)(C)C. The Kier molecular flexibility index (Phi) is 5.21. The summed E-state index contributed by atoms with van der Waals surface area (Å²) in [4.78, 5) is 13.1. The molecule has 2 saturated carbocycles. The first kappa shape index (κ1) is 20.1. The number of hydrogen-bond donors (Lipinski definition) is 0. The van der Waals surface area contributed by atoms with E-state index in [1.54, 1.807) is 14.2 Å². The van der Waals surface area contributed by atoms with Crippen molar-refractivity contribution in [1.82, 2.24) is 0 Å². The maximum absolute atomic E-state index is 13.1. The molecule has 0 radical (unpaired) electrons. The molecule has 2 aliphatic rings. The molecule has 0 heterocycles. The van der Waals surface area contributed by atoms with E-state index in [2.05, 4.69) is 47.3 Å². The zero-order chi connectivity index (χ0) is 18.6. The van der Waals surface area contributed by atoms with E-state index in [9.17, 15) is 4.79 Å². The lowest BCUT2D eigenvalue weighted by Crippen LogP contribution is -2.50. The molecule has 4 unspecified atom stereocenters. The highest BCUT2D eigenvalue weighted by atomic mass is 28.4. The van der Waals surface area contributed by atoms with Gasteiger partial charge in [0.2, 0.25) is 0 Å². The van der Waals surface area contributed by atoms with Gasteiger partial charge < -0.3 is 13.3 Å². The zero-order valence-electron chi connectivity index (χ0n) is 17.0. The predicted octanol–water partition coefficient (Wildman–Crippen LogP) is 4.71. The number of carbonyl (C=O) groups excluding carboxylic acids is 1. The van der Waals surface area contributed by atoms with Crippen molar-refractivity contribution in [2.45, 2.75) is 77.2 Å². The third-order valence-corrected chi connectivity index (χ3v) is 15.4. The van der Waals surface area contributed by atoms with Crippen LogP contribution in [-0.2, 0) is 18.1 Å². The van der Waals surface area contributed by atoms with Crippen LogP contribution in [0.2, 0.25) is 30.2 Å². The summed E-state index contributed by atoms with van der Waals surface area (Å²) in [7, 11) is -0.662. The van der Waals surface area contributed by atoms with E-state index in [4.69, 9.17) is 13.3 Å². The molecule has 0 aromatic carbocycles. The Balaban J connectivity index is 2.12. The summed E-state index contributed by atoms with van der Waals surface area (Å²) < 4.78 is 17.7. The summed E-state index contributed by atoms with van der Waals surface area (Å²) in [5.41, 5.74) is 0.166. The molecule has 4 atom stereocenters. The zero-order valence-corrected chi connectivity index (χ0v) is 19.0. The summed E-state index contributed by atoms with van der Waals surface area (Å²) >= 11 is 0. The first-order chi connectivity index (χ1) is 10.8. The molecule has 4 nitrogen and oxygen atoms in total. The van der Waals surface area contributed by atoms with Crippen molar-refractivity contribution < 1.29 is 18.1 Å². The lowest BCUT2D eigenvalue weighted by molar-refractivity contribution is -0.149. The molecule has 0 aromatic heterocycles. The quantitative estimate of drug-likeness (QED) is 0.656. The van der Waals surface area contributed by atoms with Crippen molar-refractivity contribution in [3.05, 3.63) is 0 Å². The first-order valence-electron chi connectivity index (χ1n) is 9.14. The van der Waals surface area contributed by atoms with Gasteiger partial charge in [0.15, 0.2) is 0 Å². The van der Waals surface area contributed by atoms with Crippen LogP contribution >= 0.6 is 0 Å². The van der Waals surface area contributed by atoms with Crippen molar-refractivity contribution in [3.63, 3.8) is 0 Å². The molecule has 2 rings (SSSR count). The highest BCUT2D eigenvalue weighted by Gasteiger charge is 2.62. The molecule has 0 amide bonds. The molecule has 2 bridgehead atoms. The van der Waals surface area contributed by atoms with E-state index in [1.807, 2.05) is 0 Å². The van der Waals surface area contributed by atoms with Crippen molar-refractivity contribution in [1.29, 1.82) is 0 Å². The molecule has 0 aliphatic heterocycles. The Morgan fingerprint density at radius 3 is 2.00 bits per heavy atom. The standard InChI is InChI=1S/C18H36O4Si2/c1-17(2,3)23(7,8)22-16(19)18(4)12-13-10-14(18)11-15(13)24(9,20-5)21-6/h13-15H,10-12H2,1-9H3. The van der Waals surface area contributed by atoms with E-state index in [0.29, 0.717) is 17.4 Å². The van der Waals surface area contributed by atoms with Gasteiger partial charge in [-0.25, -0.2) is 0 Å². The Hall–Kier alpha value is -0.176. The Morgan fingerprint density at radius 1 is 1.08 bits per heavy atom. The smallest absolute Gasteiger partial charge is 0.337 e. The van der Waals surface area contributed by atoms with Gasteiger partial charge in [0, 0.05) is 19.8 Å². The van der Waals surface area contributed by atoms with E-state index in [1.165, 1.54) is 0 Å². The van der Waals surface area contributed by atoms with Gasteiger partial charge in [-0.15, -0.1) is 0 Å². The van der Waals surface area contributed by atoms with Gasteiger partial charge in [-0.2, -0.15) is 0 Å². The molecular weight excluding hydrogens is 336 g/mol. The summed E-state index contributed by atoms with van der Waals surface area (Å²) in [6.07, 6.45) is 3.08. The van der Waals surface area contributed by atoms with Crippen molar-refractivity contribution in [3.8, 4) is 0 Å². The highest BCUT2D eigenvalue weighted by molar-refractivity contribution is 6.75. The van der Waals surface area contributed by atoms with Crippen LogP contribution in [0.25, 0.3) is 0 Å². The monoisotopic (exact) mass is 372 g/mol. The predicted molar refractivity (Wildman–Crippen MR) is 102 cm³/mol. The van der Waals surface area contributed by atoms with E-state index in [0.717, 1.165) is 19.3 Å². The fourth-order valence-corrected chi connectivity index (χ4v) is 7.96. The molecule has 24 heavy (non-hydrogen) atoms. The third kappa shape index (κ3) is 3.15. The van der Waals surface area contributed by atoms with E-state index in [-0.39, 0.29) is 16.4 Å². The van der Waals surface area contributed by atoms with Crippen LogP contribution in [-0.4, -0.2) is 37.1 Å². The Morgan fingerprint density at radius 2 is 1.62 bits per heavy atom. The van der Waals surface area contributed by atoms with Crippen molar-refractivity contribution in [2.24, 2.45) is 17.3 Å². The largest absolute Gasteiger partial charge is 0.519 e. The van der Waals surface area contributed by atoms with Crippen molar-refractivity contribution >= 4 is 22.8 Å². The highest BCUT2D eigenvalue weighted by Crippen LogP contribution is 2.63. The second-order valence-corrected chi connectivity index (χ2v) is 18.0. The topological polar surface area (TPSA) is 44.8 Å². The van der Waals surface area contributed by atoms with E-state index < -0.39 is 16.9 Å². The summed E-state index contributed by atoms with van der Waals surface area (Å²) in [5, 5.41) is 0.0523. The fourth-order valence-electron chi connectivity index (χ4n) is 4.36. The van der Waals surface area contributed by atoms with E-state index >= 15 is 0 Å². The molecular formula is C18H36O4Si2. The van der Waals surface area contributed by atoms with Crippen LogP contribution in [0.5, 0.6) is 0 Å². The molecule has 0 aromatic rings. The second-order valence-electron chi connectivity index (χ2n) is 9.73. The van der Waals surface area contributed by atoms with Crippen LogP contribution in [0.1, 0.15) is 47.0 Å². The maximum atomic E-state index is 13.1. The van der Waals surface area contributed by atoms with Gasteiger partial charge in [-0.3, -0.25) is 4.79 Å². The minimum absolute atomic E-state index is 0.0400. The Labute approximate surface area is 150 Å². The average Bonchev–Trinajstić information content (AvgIpc) is 3.03. The minimum atomic E-state index is -2.14. The molecule has 0 saturated heterocycles. The van der Waals surface area contributed by atoms with Crippen LogP contribution in [0, 0.1) is 17.3 Å². The average molecular weight is 373 g/mol. The van der Waals surface area contributed by atoms with Crippen LogP contribution in [0.3, 0.4) is 0 Å². The summed E-state index contributed by atoms with van der Waals surface area (Å²) in [5.74, 6) is 0.976. The van der Waals surface area contributed by atoms with Crippen LogP contribution in [0.4, 0.5) is 0 Å². The Bertz CT molecular complexity index is 496. The third-order valence-electron chi connectivity index (χ3n) is 7.39. The molecule has 140 valence electrons. The lowest BCUT2D eigenvalue weighted by atomic mass is 9.75. The van der Waals surface area contributed by atoms with Gasteiger partial charge in [0.25, 0.3) is 14.3 Å². The maximum Gasteiger partial charge on any atom is 0.337 e. The summed E-state index contributed by atoms with van der Waals surface area (Å²) in [6.45, 7) is 15.1. The second kappa shape index (κ2) is 6.21. The molecule has 0 spiro atoms. The summed E-state index contributed by atoms with van der Waals surface area (Å²) in [6, 6.07) is 0. The fraction of sp³-hybridized carbons (Fsp3) is 0.944.